The number of methoxy groups -OCH3 is 1. The zero-order valence-corrected chi connectivity index (χ0v) is 12.5. The predicted octanol–water partition coefficient (Wildman–Crippen LogP) is 4.23. The molecule has 0 heterocycles. The second-order valence-corrected chi connectivity index (χ2v) is 5.36. The lowest BCUT2D eigenvalue weighted by atomic mass is 9.92. The molecule has 3 heteroatoms. The second kappa shape index (κ2) is 7.25. The number of hydrogen-bond donors (Lipinski definition) is 0. The highest BCUT2D eigenvalue weighted by Gasteiger charge is 2.29. The molecule has 1 unspecified atom stereocenters. The van der Waals surface area contributed by atoms with E-state index in [4.69, 9.17) is 9.47 Å². The molecule has 0 aliphatic carbocycles. The van der Waals surface area contributed by atoms with Crippen molar-refractivity contribution in [3.8, 4) is 0 Å². The molecule has 0 amide bonds. The number of allylic oxidation sites excluding steroid dienone is 1. The Bertz CT molecular complexity index is 273. The van der Waals surface area contributed by atoms with Crippen LogP contribution in [0, 0.1) is 0 Å². The summed E-state index contributed by atoms with van der Waals surface area (Å²) in [5, 5.41) is 0. The van der Waals surface area contributed by atoms with Gasteiger partial charge in [-0.1, -0.05) is 19.2 Å². The third kappa shape index (κ3) is 4.80. The Labute approximate surface area is 113 Å². The van der Waals surface area contributed by atoms with Crippen LogP contribution in [-0.4, -0.2) is 19.0 Å². The van der Waals surface area contributed by atoms with Gasteiger partial charge in [0.1, 0.15) is 0 Å². The van der Waals surface area contributed by atoms with Gasteiger partial charge in [0.05, 0.1) is 5.60 Å². The first-order valence-corrected chi connectivity index (χ1v) is 6.27. The molecule has 0 fully saturated rings. The molecule has 0 bridgehead atoms. The summed E-state index contributed by atoms with van der Waals surface area (Å²) in [5.74, 6) is 0. The highest BCUT2D eigenvalue weighted by Crippen LogP contribution is 2.30. The van der Waals surface area contributed by atoms with Gasteiger partial charge in [0, 0.05) is 10.7 Å². The average molecular weight is 336 g/mol. The van der Waals surface area contributed by atoms with Crippen molar-refractivity contribution in [1.82, 2.24) is 0 Å². The molecular formula is C13H21IO2. The van der Waals surface area contributed by atoms with Crippen LogP contribution in [-0.2, 0) is 9.47 Å². The molecule has 16 heavy (non-hydrogen) atoms. The van der Waals surface area contributed by atoms with Crippen LogP contribution in [0.5, 0.6) is 0 Å². The first-order chi connectivity index (χ1) is 7.37. The largest absolute Gasteiger partial charge is 0.351 e. The lowest BCUT2D eigenvalue weighted by Gasteiger charge is -2.33. The van der Waals surface area contributed by atoms with Crippen LogP contribution in [0.1, 0.15) is 26.7 Å². The van der Waals surface area contributed by atoms with Crippen LogP contribution in [0.15, 0.2) is 35.0 Å². The van der Waals surface area contributed by atoms with Crippen molar-refractivity contribution in [2.75, 3.05) is 7.11 Å². The molecule has 0 N–H and O–H groups in total. The predicted molar refractivity (Wildman–Crippen MR) is 77.7 cm³/mol. The Hall–Kier alpha value is -0.130. The Kier molecular flexibility index (Phi) is 7.19. The maximum atomic E-state index is 5.94. The van der Waals surface area contributed by atoms with E-state index in [-0.39, 0.29) is 0 Å². The van der Waals surface area contributed by atoms with Crippen LogP contribution in [0.2, 0.25) is 0 Å². The molecule has 2 nitrogen and oxygen atoms in total. The zero-order chi connectivity index (χ0) is 12.8. The number of halogens is 1. The number of rotatable bonds is 8. The Morgan fingerprint density at radius 3 is 2.38 bits per heavy atom. The lowest BCUT2D eigenvalue weighted by Crippen LogP contribution is -2.35. The number of ether oxygens (including phenoxy) is 2. The van der Waals surface area contributed by atoms with Gasteiger partial charge in [-0.2, -0.15) is 0 Å². The van der Waals surface area contributed by atoms with E-state index in [2.05, 4.69) is 42.3 Å². The summed E-state index contributed by atoms with van der Waals surface area (Å²) in [6.45, 7) is 15.5. The van der Waals surface area contributed by atoms with Crippen molar-refractivity contribution in [1.29, 1.82) is 0 Å². The summed E-state index contributed by atoms with van der Waals surface area (Å²) in [4.78, 5) is 0. The van der Waals surface area contributed by atoms with Gasteiger partial charge in [-0.25, -0.2) is 0 Å². The summed E-state index contributed by atoms with van der Waals surface area (Å²) in [6, 6.07) is 0. The first-order valence-electron chi connectivity index (χ1n) is 5.19. The summed E-state index contributed by atoms with van der Waals surface area (Å²) < 4.78 is 12.0. The van der Waals surface area contributed by atoms with Crippen molar-refractivity contribution < 1.29 is 9.47 Å². The number of hydrogen-bond acceptors (Lipinski definition) is 2. The van der Waals surface area contributed by atoms with Crippen LogP contribution >= 0.6 is 22.6 Å². The molecule has 0 aliphatic rings. The van der Waals surface area contributed by atoms with E-state index in [1.165, 1.54) is 0 Å². The fraction of sp³-hybridized carbons (Fsp3) is 0.538. The molecule has 0 aromatic rings. The van der Waals surface area contributed by atoms with E-state index in [0.717, 1.165) is 22.0 Å². The van der Waals surface area contributed by atoms with Gasteiger partial charge in [-0.15, -0.1) is 6.58 Å². The third-order valence-corrected chi connectivity index (χ3v) is 3.07. The Morgan fingerprint density at radius 1 is 1.50 bits per heavy atom. The summed E-state index contributed by atoms with van der Waals surface area (Å²) in [5.41, 5.74) is 0.581. The van der Waals surface area contributed by atoms with Gasteiger partial charge in [0.25, 0.3) is 0 Å². The highest BCUT2D eigenvalue weighted by molar-refractivity contribution is 14.1. The molecule has 0 aliphatic heterocycles. The molecule has 92 valence electrons. The van der Waals surface area contributed by atoms with Gasteiger partial charge in [0.15, 0.2) is 6.29 Å². The van der Waals surface area contributed by atoms with Gasteiger partial charge in [-0.3, -0.25) is 0 Å². The molecular weight excluding hydrogens is 315 g/mol. The maximum absolute atomic E-state index is 5.94. The zero-order valence-electron chi connectivity index (χ0n) is 10.4. The van der Waals surface area contributed by atoms with E-state index < -0.39 is 11.9 Å². The van der Waals surface area contributed by atoms with E-state index >= 15 is 0 Å². The Morgan fingerprint density at radius 2 is 2.06 bits per heavy atom. The molecule has 0 aromatic carbocycles. The van der Waals surface area contributed by atoms with Gasteiger partial charge in [0.2, 0.25) is 0 Å². The average Bonchev–Trinajstić information content (AvgIpc) is 2.22. The fourth-order valence-electron chi connectivity index (χ4n) is 1.23. The van der Waals surface area contributed by atoms with Crippen molar-refractivity contribution in [3.63, 3.8) is 0 Å². The summed E-state index contributed by atoms with van der Waals surface area (Å²) >= 11 is 2.11. The van der Waals surface area contributed by atoms with Crippen LogP contribution in [0.25, 0.3) is 0 Å². The van der Waals surface area contributed by atoms with Gasteiger partial charge < -0.3 is 9.47 Å². The van der Waals surface area contributed by atoms with Crippen LogP contribution in [0.3, 0.4) is 0 Å². The Balaban J connectivity index is 4.71. The molecule has 2 atom stereocenters. The van der Waals surface area contributed by atoms with E-state index in [9.17, 15) is 0 Å². The topological polar surface area (TPSA) is 18.5 Å². The van der Waals surface area contributed by atoms with Crippen molar-refractivity contribution in [3.05, 3.63) is 35.0 Å². The summed E-state index contributed by atoms with van der Waals surface area (Å²) in [7, 11) is 1.61. The van der Waals surface area contributed by atoms with E-state index in [1.807, 2.05) is 19.9 Å². The first kappa shape index (κ1) is 15.9. The molecule has 0 saturated carbocycles. The minimum atomic E-state index is -0.400. The highest BCUT2D eigenvalue weighted by atomic mass is 127. The van der Waals surface area contributed by atoms with Crippen molar-refractivity contribution in [2.24, 2.45) is 0 Å². The lowest BCUT2D eigenvalue weighted by molar-refractivity contribution is -0.157. The molecule has 0 radical (unpaired) electrons. The van der Waals surface area contributed by atoms with E-state index in [0.29, 0.717) is 0 Å². The van der Waals surface area contributed by atoms with Gasteiger partial charge in [-0.05, 0) is 54.9 Å². The molecule has 0 rings (SSSR count). The molecule has 0 spiro atoms. The van der Waals surface area contributed by atoms with Crippen molar-refractivity contribution >= 4 is 22.6 Å². The third-order valence-electron chi connectivity index (χ3n) is 2.57. The van der Waals surface area contributed by atoms with E-state index in [1.54, 1.807) is 7.11 Å². The summed E-state index contributed by atoms with van der Waals surface area (Å²) in [6.07, 6.45) is 3.21. The standard InChI is InChI=1S/C13H21IO2/c1-7-8-9-13(5,10(2)3)16-12(15-6)11(4)14/h7,12H,1-2,4,8-9H2,3,5-6H3/t12?,13-/m0/s1. The smallest absolute Gasteiger partial charge is 0.189 e. The monoisotopic (exact) mass is 336 g/mol. The van der Waals surface area contributed by atoms with Gasteiger partial charge >= 0.3 is 0 Å². The maximum Gasteiger partial charge on any atom is 0.189 e. The fourth-order valence-corrected chi connectivity index (χ4v) is 1.61. The second-order valence-electron chi connectivity index (χ2n) is 3.97. The SMILES string of the molecule is C=CCC[C@](C)(OC(OC)C(=C)I)C(=C)C. The van der Waals surface area contributed by atoms with Crippen molar-refractivity contribution in [2.45, 2.75) is 38.6 Å². The molecule has 0 aromatic heterocycles. The normalized spacial score (nSPS) is 16.2. The minimum Gasteiger partial charge on any atom is -0.351 e. The van der Waals surface area contributed by atoms with Crippen LogP contribution in [0.4, 0.5) is 0 Å². The van der Waals surface area contributed by atoms with Crippen LogP contribution < -0.4 is 0 Å². The quantitative estimate of drug-likeness (QED) is 0.375. The molecule has 0 saturated heterocycles. The minimum absolute atomic E-state index is 0.396.